The van der Waals surface area contributed by atoms with Gasteiger partial charge in [0.1, 0.15) is 22.5 Å². The minimum Gasteiger partial charge on any atom is -0.236 e. The van der Waals surface area contributed by atoms with Crippen LogP contribution in [0.5, 0.6) is 0 Å². The van der Waals surface area contributed by atoms with Crippen molar-refractivity contribution in [3.05, 3.63) is 70.3 Å². The van der Waals surface area contributed by atoms with E-state index in [4.69, 9.17) is 11.6 Å². The number of aromatic nitrogens is 2. The van der Waals surface area contributed by atoms with Gasteiger partial charge in [0, 0.05) is 18.0 Å². The van der Waals surface area contributed by atoms with Crippen molar-refractivity contribution in [2.24, 2.45) is 5.92 Å². The summed E-state index contributed by atoms with van der Waals surface area (Å²) in [5.74, 6) is -5.84. The number of benzene rings is 2. The maximum absolute atomic E-state index is 14.8. The largest absolute Gasteiger partial charge is 0.236 e. The summed E-state index contributed by atoms with van der Waals surface area (Å²) < 4.78 is 71.6. The number of hydrogen-bond acceptors (Lipinski definition) is 2. The Hall–Kier alpha value is -2.54. The molecule has 1 heterocycles. The Balaban J connectivity index is 1.70. The van der Waals surface area contributed by atoms with Crippen LogP contribution in [-0.4, -0.2) is 9.97 Å². The first-order chi connectivity index (χ1) is 14.8. The van der Waals surface area contributed by atoms with Crippen LogP contribution in [0.3, 0.4) is 0 Å². The Bertz CT molecular complexity index is 1100. The van der Waals surface area contributed by atoms with Crippen molar-refractivity contribution in [3.8, 4) is 22.5 Å². The van der Waals surface area contributed by atoms with Crippen LogP contribution >= 0.6 is 11.6 Å². The van der Waals surface area contributed by atoms with Crippen molar-refractivity contribution in [1.29, 1.82) is 0 Å². The average Bonchev–Trinajstić information content (AvgIpc) is 2.75. The maximum atomic E-state index is 14.8. The number of hydrogen-bond donors (Lipinski definition) is 0. The molecule has 0 aliphatic heterocycles. The van der Waals surface area contributed by atoms with Crippen LogP contribution in [0.2, 0.25) is 5.02 Å². The summed E-state index contributed by atoms with van der Waals surface area (Å²) in [6, 6.07) is 2.08. The van der Waals surface area contributed by atoms with Crippen LogP contribution in [-0.2, 0) is 0 Å². The molecule has 0 saturated heterocycles. The topological polar surface area (TPSA) is 25.8 Å². The molecule has 0 atom stereocenters. The third kappa shape index (κ3) is 4.15. The highest BCUT2D eigenvalue weighted by Gasteiger charge is 2.25. The molecule has 1 aromatic heterocycles. The van der Waals surface area contributed by atoms with Gasteiger partial charge in [-0.25, -0.2) is 31.9 Å². The predicted octanol–water partition coefficient (Wildman–Crippen LogP) is 7.45. The molecular weight excluding hydrogens is 435 g/mol. The van der Waals surface area contributed by atoms with E-state index in [9.17, 15) is 22.0 Å². The molecule has 1 fully saturated rings. The molecule has 0 amide bonds. The highest BCUT2D eigenvalue weighted by molar-refractivity contribution is 6.31. The van der Waals surface area contributed by atoms with Crippen molar-refractivity contribution in [2.75, 3.05) is 0 Å². The third-order valence-electron chi connectivity index (χ3n) is 5.84. The maximum Gasteiger partial charge on any atom is 0.173 e. The average molecular weight is 453 g/mol. The lowest BCUT2D eigenvalue weighted by molar-refractivity contribution is 0.347. The van der Waals surface area contributed by atoms with Gasteiger partial charge in [-0.05, 0) is 54.0 Å². The lowest BCUT2D eigenvalue weighted by Crippen LogP contribution is -2.11. The molecule has 4 rings (SSSR count). The highest BCUT2D eigenvalue weighted by atomic mass is 35.5. The lowest BCUT2D eigenvalue weighted by Gasteiger charge is -2.26. The summed E-state index contributed by atoms with van der Waals surface area (Å²) in [4.78, 5) is 8.11. The molecule has 0 N–H and O–H groups in total. The summed E-state index contributed by atoms with van der Waals surface area (Å²) in [7, 11) is 0. The molecule has 2 aromatic carbocycles. The van der Waals surface area contributed by atoms with Gasteiger partial charge in [0.15, 0.2) is 17.5 Å². The Morgan fingerprint density at radius 1 is 0.806 bits per heavy atom. The first-order valence-electron chi connectivity index (χ1n) is 9.91. The van der Waals surface area contributed by atoms with Crippen molar-refractivity contribution >= 4 is 11.6 Å². The Morgan fingerprint density at radius 2 is 1.39 bits per heavy atom. The first-order valence-corrected chi connectivity index (χ1v) is 10.3. The van der Waals surface area contributed by atoms with Gasteiger partial charge in [0.05, 0.1) is 5.56 Å². The van der Waals surface area contributed by atoms with E-state index in [0.717, 1.165) is 31.2 Å². The Labute approximate surface area is 181 Å². The van der Waals surface area contributed by atoms with Crippen LogP contribution in [0.15, 0.2) is 30.6 Å². The number of rotatable bonds is 3. The fourth-order valence-corrected chi connectivity index (χ4v) is 4.10. The minimum absolute atomic E-state index is 0.286. The van der Waals surface area contributed by atoms with Gasteiger partial charge in [-0.15, -0.1) is 0 Å². The Kier molecular flexibility index (Phi) is 5.97. The van der Waals surface area contributed by atoms with Crippen LogP contribution < -0.4 is 0 Å². The molecule has 1 aliphatic rings. The van der Waals surface area contributed by atoms with Crippen LogP contribution in [0.1, 0.15) is 44.1 Å². The molecule has 0 bridgehead atoms. The van der Waals surface area contributed by atoms with Crippen LogP contribution in [0, 0.1) is 35.0 Å². The standard InChI is InChI=1S/C23H18ClF5N2/c1-11-2-4-12(5-3-11)14-9-30-23(31-10-14)19-16(25)8-15(21(28)22(19)29)13-6-17(26)20(24)18(27)7-13/h6-12H,2-5H2,1H3. The second-order valence-corrected chi connectivity index (χ2v) is 8.34. The van der Waals surface area contributed by atoms with Crippen molar-refractivity contribution in [2.45, 2.75) is 38.5 Å². The van der Waals surface area contributed by atoms with Crippen LogP contribution in [0.4, 0.5) is 22.0 Å². The molecule has 1 aliphatic carbocycles. The van der Waals surface area contributed by atoms with E-state index < -0.39 is 45.2 Å². The molecule has 8 heteroatoms. The van der Waals surface area contributed by atoms with Gasteiger partial charge in [-0.1, -0.05) is 31.4 Å². The molecule has 0 spiro atoms. The zero-order valence-electron chi connectivity index (χ0n) is 16.5. The van der Waals surface area contributed by atoms with Gasteiger partial charge in [0.2, 0.25) is 0 Å². The fourth-order valence-electron chi connectivity index (χ4n) is 3.99. The van der Waals surface area contributed by atoms with E-state index in [1.165, 1.54) is 12.4 Å². The van der Waals surface area contributed by atoms with E-state index in [2.05, 4.69) is 16.9 Å². The summed E-state index contributed by atoms with van der Waals surface area (Å²) in [5, 5.41) is -0.789. The molecule has 2 nitrogen and oxygen atoms in total. The molecule has 3 aromatic rings. The quantitative estimate of drug-likeness (QED) is 0.234. The summed E-state index contributed by atoms with van der Waals surface area (Å²) in [6.07, 6.45) is 7.19. The van der Waals surface area contributed by atoms with Crippen molar-refractivity contribution in [3.63, 3.8) is 0 Å². The summed E-state index contributed by atoms with van der Waals surface area (Å²) in [6.45, 7) is 2.20. The molecule has 0 unspecified atom stereocenters. The zero-order valence-corrected chi connectivity index (χ0v) is 17.3. The normalized spacial score (nSPS) is 18.9. The van der Waals surface area contributed by atoms with Gasteiger partial charge in [-0.3, -0.25) is 0 Å². The monoisotopic (exact) mass is 452 g/mol. The van der Waals surface area contributed by atoms with E-state index in [1.54, 1.807) is 0 Å². The SMILES string of the molecule is CC1CCC(c2cnc(-c3c(F)cc(-c4cc(F)c(Cl)c(F)c4)c(F)c3F)nc2)CC1. The fraction of sp³-hybridized carbons (Fsp3) is 0.304. The molecule has 0 radical (unpaired) electrons. The number of nitrogens with zero attached hydrogens (tertiary/aromatic N) is 2. The second-order valence-electron chi connectivity index (χ2n) is 7.96. The van der Waals surface area contributed by atoms with E-state index in [1.807, 2.05) is 0 Å². The molecule has 31 heavy (non-hydrogen) atoms. The highest BCUT2D eigenvalue weighted by Crippen LogP contribution is 2.37. The van der Waals surface area contributed by atoms with Gasteiger partial charge in [-0.2, -0.15) is 0 Å². The summed E-state index contributed by atoms with van der Waals surface area (Å²) in [5.41, 5.74) is -0.883. The zero-order chi connectivity index (χ0) is 22.3. The Morgan fingerprint density at radius 3 is 1.97 bits per heavy atom. The van der Waals surface area contributed by atoms with Gasteiger partial charge < -0.3 is 0 Å². The summed E-state index contributed by atoms with van der Waals surface area (Å²) >= 11 is 5.41. The van der Waals surface area contributed by atoms with E-state index >= 15 is 0 Å². The van der Waals surface area contributed by atoms with Gasteiger partial charge >= 0.3 is 0 Å². The molecule has 162 valence electrons. The lowest BCUT2D eigenvalue weighted by atomic mass is 9.80. The second kappa shape index (κ2) is 8.54. The van der Waals surface area contributed by atoms with Crippen molar-refractivity contribution < 1.29 is 22.0 Å². The third-order valence-corrected chi connectivity index (χ3v) is 6.20. The number of halogens is 6. The molecule has 1 saturated carbocycles. The van der Waals surface area contributed by atoms with E-state index in [-0.39, 0.29) is 17.3 Å². The predicted molar refractivity (Wildman–Crippen MR) is 108 cm³/mol. The first kappa shape index (κ1) is 21.7. The molecular formula is C23H18ClF5N2. The van der Waals surface area contributed by atoms with E-state index in [0.29, 0.717) is 24.1 Å². The minimum atomic E-state index is -1.54. The van der Waals surface area contributed by atoms with Crippen LogP contribution in [0.25, 0.3) is 22.5 Å². The van der Waals surface area contributed by atoms with Crippen molar-refractivity contribution in [1.82, 2.24) is 9.97 Å². The van der Waals surface area contributed by atoms with Gasteiger partial charge in [0.25, 0.3) is 0 Å². The smallest absolute Gasteiger partial charge is 0.173 e.